The van der Waals surface area contributed by atoms with E-state index in [0.717, 1.165) is 4.90 Å². The average Bonchev–Trinajstić information content (AvgIpc) is 3.14. The summed E-state index contributed by atoms with van der Waals surface area (Å²) in [4.78, 5) is 42.1. The quantitative estimate of drug-likeness (QED) is 0.622. The van der Waals surface area contributed by atoms with E-state index in [1.807, 2.05) is 19.0 Å². The number of nitrogens with zero attached hydrogens (tertiary/aromatic N) is 3. The summed E-state index contributed by atoms with van der Waals surface area (Å²) >= 11 is 0. The van der Waals surface area contributed by atoms with Gasteiger partial charge in [0.1, 0.15) is 0 Å². The molecule has 158 valence electrons. The van der Waals surface area contributed by atoms with Crippen molar-refractivity contribution in [1.82, 2.24) is 20.0 Å². The van der Waals surface area contributed by atoms with Crippen molar-refractivity contribution in [1.29, 1.82) is 0 Å². The first kappa shape index (κ1) is 21.3. The maximum absolute atomic E-state index is 12.7. The molecule has 10 heteroatoms. The van der Waals surface area contributed by atoms with Gasteiger partial charge in [0.2, 0.25) is 0 Å². The molecule has 0 aromatic heterocycles. The SMILES string of the molecule is CN(C)CCN(C(=O)NCCN1C(=O)c2ccccc2C1=O)C1CCS(=O)(=O)C1. The molecule has 3 rings (SSSR count). The molecule has 1 unspecified atom stereocenters. The smallest absolute Gasteiger partial charge is 0.317 e. The molecule has 1 aromatic rings. The first-order valence-electron chi connectivity index (χ1n) is 9.54. The normalized spacial score (nSPS) is 20.2. The summed E-state index contributed by atoms with van der Waals surface area (Å²) in [5.74, 6) is -0.692. The maximum Gasteiger partial charge on any atom is 0.317 e. The van der Waals surface area contributed by atoms with Crippen LogP contribution in [0, 0.1) is 0 Å². The van der Waals surface area contributed by atoms with Gasteiger partial charge in [-0.2, -0.15) is 0 Å². The Kier molecular flexibility index (Phi) is 6.23. The number of benzene rings is 1. The molecule has 2 heterocycles. The zero-order valence-electron chi connectivity index (χ0n) is 16.6. The van der Waals surface area contributed by atoms with E-state index in [-0.39, 0.29) is 48.5 Å². The highest BCUT2D eigenvalue weighted by Gasteiger charge is 2.36. The van der Waals surface area contributed by atoms with E-state index in [1.165, 1.54) is 0 Å². The van der Waals surface area contributed by atoms with Crippen LogP contribution in [0.3, 0.4) is 0 Å². The molecule has 2 aliphatic heterocycles. The predicted octanol–water partition coefficient (Wildman–Crippen LogP) is 0.0429. The van der Waals surface area contributed by atoms with Crippen LogP contribution in [0.2, 0.25) is 0 Å². The van der Waals surface area contributed by atoms with Gasteiger partial charge in [-0.05, 0) is 32.6 Å². The van der Waals surface area contributed by atoms with Crippen LogP contribution in [0.25, 0.3) is 0 Å². The van der Waals surface area contributed by atoms with Crippen LogP contribution in [-0.4, -0.2) is 98.8 Å². The van der Waals surface area contributed by atoms with E-state index in [1.54, 1.807) is 29.2 Å². The van der Waals surface area contributed by atoms with Gasteiger partial charge >= 0.3 is 6.03 Å². The van der Waals surface area contributed by atoms with E-state index in [2.05, 4.69) is 5.32 Å². The Labute approximate surface area is 170 Å². The fourth-order valence-electron chi connectivity index (χ4n) is 3.60. The van der Waals surface area contributed by atoms with Gasteiger partial charge in [-0.25, -0.2) is 13.2 Å². The Bertz CT molecular complexity index is 880. The van der Waals surface area contributed by atoms with Gasteiger partial charge in [0.05, 0.1) is 22.6 Å². The molecule has 0 radical (unpaired) electrons. The summed E-state index contributed by atoms with van der Waals surface area (Å²) in [6.07, 6.45) is 0.418. The minimum atomic E-state index is -3.12. The zero-order valence-corrected chi connectivity index (χ0v) is 17.4. The number of carbonyl (C=O) groups is 3. The molecule has 0 aliphatic carbocycles. The molecule has 1 aromatic carbocycles. The number of likely N-dealkylation sites (N-methyl/N-ethyl adjacent to an activating group) is 1. The lowest BCUT2D eigenvalue weighted by Crippen LogP contribution is -2.50. The third-order valence-electron chi connectivity index (χ3n) is 5.19. The molecule has 4 amide bonds. The number of hydrogen-bond acceptors (Lipinski definition) is 6. The standard InChI is InChI=1S/C19H26N4O5S/c1-21(2)10-11-22(14-7-12-29(27,28)13-14)19(26)20-8-9-23-17(24)15-5-3-4-6-16(15)18(23)25/h3-6,14H,7-13H2,1-2H3,(H,20,26). The fourth-order valence-corrected chi connectivity index (χ4v) is 5.33. The van der Waals surface area contributed by atoms with Gasteiger partial charge in [0.25, 0.3) is 11.8 Å². The molecular formula is C19H26N4O5S. The highest BCUT2D eigenvalue weighted by atomic mass is 32.2. The number of amides is 4. The van der Waals surface area contributed by atoms with Crippen molar-refractivity contribution in [2.75, 3.05) is 51.8 Å². The first-order chi connectivity index (χ1) is 13.7. The lowest BCUT2D eigenvalue weighted by Gasteiger charge is -2.29. The Morgan fingerprint density at radius 2 is 1.76 bits per heavy atom. The number of hydrogen-bond donors (Lipinski definition) is 1. The van der Waals surface area contributed by atoms with Crippen LogP contribution < -0.4 is 5.32 Å². The third kappa shape index (κ3) is 4.76. The Balaban J connectivity index is 1.59. The first-order valence-corrected chi connectivity index (χ1v) is 11.4. The topological polar surface area (TPSA) is 107 Å². The van der Waals surface area contributed by atoms with Crippen LogP contribution in [-0.2, 0) is 9.84 Å². The minimum absolute atomic E-state index is 0.0355. The number of nitrogens with one attached hydrogen (secondary N) is 1. The molecule has 9 nitrogen and oxygen atoms in total. The molecule has 1 atom stereocenters. The number of rotatable bonds is 7. The van der Waals surface area contributed by atoms with Gasteiger partial charge in [-0.1, -0.05) is 12.1 Å². The summed E-state index contributed by atoms with van der Waals surface area (Å²) in [7, 11) is 0.633. The van der Waals surface area contributed by atoms with Gasteiger partial charge < -0.3 is 15.1 Å². The highest BCUT2D eigenvalue weighted by Crippen LogP contribution is 2.22. The number of sulfone groups is 1. The van der Waals surface area contributed by atoms with Crippen LogP contribution in [0.5, 0.6) is 0 Å². The Morgan fingerprint density at radius 3 is 2.28 bits per heavy atom. The number of carbonyl (C=O) groups excluding carboxylic acids is 3. The fraction of sp³-hybridized carbons (Fsp3) is 0.526. The molecule has 1 saturated heterocycles. The molecule has 2 aliphatic rings. The lowest BCUT2D eigenvalue weighted by molar-refractivity contribution is 0.0654. The van der Waals surface area contributed by atoms with Gasteiger partial charge in [-0.15, -0.1) is 0 Å². The zero-order chi connectivity index (χ0) is 21.2. The molecule has 0 bridgehead atoms. The van der Waals surface area contributed by atoms with Crippen LogP contribution >= 0.6 is 0 Å². The Hall–Kier alpha value is -2.46. The van der Waals surface area contributed by atoms with Crippen molar-refractivity contribution >= 4 is 27.7 Å². The summed E-state index contributed by atoms with van der Waals surface area (Å²) in [6, 6.07) is 5.88. The van der Waals surface area contributed by atoms with Crippen molar-refractivity contribution in [3.63, 3.8) is 0 Å². The molecule has 0 spiro atoms. The Morgan fingerprint density at radius 1 is 1.14 bits per heavy atom. The van der Waals surface area contributed by atoms with Crippen LogP contribution in [0.1, 0.15) is 27.1 Å². The maximum atomic E-state index is 12.7. The number of imide groups is 1. The van der Waals surface area contributed by atoms with E-state index >= 15 is 0 Å². The van der Waals surface area contributed by atoms with E-state index in [9.17, 15) is 22.8 Å². The summed E-state index contributed by atoms with van der Waals surface area (Å²) in [5.41, 5.74) is 0.736. The van der Waals surface area contributed by atoms with Gasteiger partial charge in [-0.3, -0.25) is 14.5 Å². The minimum Gasteiger partial charge on any atom is -0.336 e. The second-order valence-electron chi connectivity index (χ2n) is 7.59. The molecule has 0 saturated carbocycles. The molecule has 1 fully saturated rings. The van der Waals surface area contributed by atoms with Gasteiger partial charge in [0, 0.05) is 32.2 Å². The van der Waals surface area contributed by atoms with E-state index in [0.29, 0.717) is 30.6 Å². The van der Waals surface area contributed by atoms with Crippen LogP contribution in [0.15, 0.2) is 24.3 Å². The number of urea groups is 1. The summed E-state index contributed by atoms with van der Waals surface area (Å²) < 4.78 is 23.6. The molecule has 29 heavy (non-hydrogen) atoms. The van der Waals surface area contributed by atoms with Gasteiger partial charge in [0.15, 0.2) is 9.84 Å². The molecule has 1 N–H and O–H groups in total. The van der Waals surface area contributed by atoms with Crippen molar-refractivity contribution in [3.05, 3.63) is 35.4 Å². The van der Waals surface area contributed by atoms with Crippen molar-refractivity contribution in [2.45, 2.75) is 12.5 Å². The number of fused-ring (bicyclic) bond motifs is 1. The molecular weight excluding hydrogens is 396 g/mol. The lowest BCUT2D eigenvalue weighted by atomic mass is 10.1. The monoisotopic (exact) mass is 422 g/mol. The van der Waals surface area contributed by atoms with E-state index < -0.39 is 9.84 Å². The summed E-state index contributed by atoms with van der Waals surface area (Å²) in [6.45, 7) is 1.15. The van der Waals surface area contributed by atoms with Crippen LogP contribution in [0.4, 0.5) is 4.79 Å². The van der Waals surface area contributed by atoms with Crippen molar-refractivity contribution in [2.24, 2.45) is 0 Å². The predicted molar refractivity (Wildman–Crippen MR) is 108 cm³/mol. The van der Waals surface area contributed by atoms with Crippen molar-refractivity contribution in [3.8, 4) is 0 Å². The van der Waals surface area contributed by atoms with Crippen molar-refractivity contribution < 1.29 is 22.8 Å². The third-order valence-corrected chi connectivity index (χ3v) is 6.94. The summed E-state index contributed by atoms with van der Waals surface area (Å²) in [5, 5.41) is 2.73. The largest absolute Gasteiger partial charge is 0.336 e. The second kappa shape index (κ2) is 8.50. The van der Waals surface area contributed by atoms with E-state index in [4.69, 9.17) is 0 Å². The second-order valence-corrected chi connectivity index (χ2v) is 9.82. The highest BCUT2D eigenvalue weighted by molar-refractivity contribution is 7.91. The average molecular weight is 423 g/mol.